The molecule has 0 aliphatic carbocycles. The van der Waals surface area contributed by atoms with E-state index in [2.05, 4.69) is 11.8 Å². The Balaban J connectivity index is 2.42. The Hall–Kier alpha value is -1.81. The summed E-state index contributed by atoms with van der Waals surface area (Å²) in [6, 6.07) is 15.1. The number of hydrogen-bond acceptors (Lipinski definition) is 2. The first kappa shape index (κ1) is 20.5. The van der Waals surface area contributed by atoms with Crippen LogP contribution in [0.5, 0.6) is 0 Å². The van der Waals surface area contributed by atoms with Crippen LogP contribution in [0, 0.1) is 0 Å². The molecule has 0 aromatic heterocycles. The average molecular weight is 392 g/mol. The molecule has 138 valence electrons. The van der Waals surface area contributed by atoms with Gasteiger partial charge in [0.1, 0.15) is 0 Å². The van der Waals surface area contributed by atoms with E-state index in [-0.39, 0.29) is 12.0 Å². The minimum atomic E-state index is -0.912. The fourth-order valence-electron chi connectivity index (χ4n) is 2.87. The first-order valence-corrected chi connectivity index (χ1v) is 9.15. The van der Waals surface area contributed by atoms with Gasteiger partial charge in [0.15, 0.2) is 0 Å². The lowest BCUT2D eigenvalue weighted by Crippen LogP contribution is -2.32. The maximum atomic E-state index is 11.9. The Bertz CT molecular complexity index is 788. The Morgan fingerprint density at radius 3 is 2.31 bits per heavy atom. The predicted molar refractivity (Wildman–Crippen MR) is 109 cm³/mol. The van der Waals surface area contributed by atoms with E-state index in [0.29, 0.717) is 22.0 Å². The molecule has 0 amide bonds. The lowest BCUT2D eigenvalue weighted by atomic mass is 9.85. The van der Waals surface area contributed by atoms with Crippen LogP contribution in [0.4, 0.5) is 0 Å². The molecule has 0 saturated carbocycles. The van der Waals surface area contributed by atoms with Crippen molar-refractivity contribution in [3.05, 3.63) is 75.3 Å². The summed E-state index contributed by atoms with van der Waals surface area (Å²) in [6.07, 6.45) is 2.12. The van der Waals surface area contributed by atoms with Gasteiger partial charge in [-0.15, -0.1) is 0 Å². The van der Waals surface area contributed by atoms with E-state index in [9.17, 15) is 9.90 Å². The topological polar surface area (TPSA) is 40.5 Å². The predicted octanol–water partition coefficient (Wildman–Crippen LogP) is 5.59. The third-order valence-electron chi connectivity index (χ3n) is 4.62. The molecule has 3 nitrogen and oxygen atoms in total. The highest BCUT2D eigenvalue weighted by molar-refractivity contribution is 6.42. The SMILES string of the molecule is CC(C(CC(=Cc1ccccc1)C(=O)O)c1ccc(Cl)c(Cl)c1)N(C)C. The number of carboxylic acid groups (broad SMARTS) is 1. The molecule has 0 radical (unpaired) electrons. The highest BCUT2D eigenvalue weighted by Gasteiger charge is 2.25. The fraction of sp³-hybridized carbons (Fsp3) is 0.286. The van der Waals surface area contributed by atoms with Gasteiger partial charge >= 0.3 is 5.97 Å². The van der Waals surface area contributed by atoms with Crippen LogP contribution in [-0.4, -0.2) is 36.1 Å². The summed E-state index contributed by atoms with van der Waals surface area (Å²) in [5, 5.41) is 10.7. The summed E-state index contributed by atoms with van der Waals surface area (Å²) >= 11 is 12.2. The molecule has 2 aromatic carbocycles. The van der Waals surface area contributed by atoms with Crippen molar-refractivity contribution in [3.63, 3.8) is 0 Å². The maximum Gasteiger partial charge on any atom is 0.331 e. The molecular weight excluding hydrogens is 369 g/mol. The molecule has 0 saturated heterocycles. The van der Waals surface area contributed by atoms with Crippen molar-refractivity contribution in [2.24, 2.45) is 0 Å². The molecule has 0 aliphatic rings. The van der Waals surface area contributed by atoms with Crippen LogP contribution < -0.4 is 0 Å². The second kappa shape index (κ2) is 9.22. The van der Waals surface area contributed by atoms with E-state index in [1.807, 2.05) is 56.6 Å². The van der Waals surface area contributed by atoms with Gasteiger partial charge in [0.05, 0.1) is 10.0 Å². The van der Waals surface area contributed by atoms with E-state index in [4.69, 9.17) is 23.2 Å². The van der Waals surface area contributed by atoms with Crippen LogP contribution in [0.3, 0.4) is 0 Å². The van der Waals surface area contributed by atoms with Crippen molar-refractivity contribution >= 4 is 35.2 Å². The van der Waals surface area contributed by atoms with Crippen molar-refractivity contribution in [2.45, 2.75) is 25.3 Å². The van der Waals surface area contributed by atoms with Crippen molar-refractivity contribution < 1.29 is 9.90 Å². The molecule has 2 rings (SSSR count). The Labute approximate surface area is 164 Å². The number of nitrogens with zero attached hydrogens (tertiary/aromatic N) is 1. The fourth-order valence-corrected chi connectivity index (χ4v) is 3.17. The largest absolute Gasteiger partial charge is 0.478 e. The smallest absolute Gasteiger partial charge is 0.331 e. The number of benzene rings is 2. The van der Waals surface area contributed by atoms with Gasteiger partial charge in [-0.25, -0.2) is 4.79 Å². The summed E-state index contributed by atoms with van der Waals surface area (Å²) in [5.41, 5.74) is 2.21. The summed E-state index contributed by atoms with van der Waals surface area (Å²) in [5.74, 6) is -0.948. The van der Waals surface area contributed by atoms with Crippen LogP contribution in [0.2, 0.25) is 10.0 Å². The van der Waals surface area contributed by atoms with Crippen molar-refractivity contribution in [3.8, 4) is 0 Å². The summed E-state index contributed by atoms with van der Waals surface area (Å²) < 4.78 is 0. The quantitative estimate of drug-likeness (QED) is 0.625. The van der Waals surface area contributed by atoms with Gasteiger partial charge < -0.3 is 10.0 Å². The highest BCUT2D eigenvalue weighted by Crippen LogP contribution is 2.33. The molecule has 26 heavy (non-hydrogen) atoms. The van der Waals surface area contributed by atoms with Crippen LogP contribution in [0.1, 0.15) is 30.4 Å². The first-order chi connectivity index (χ1) is 12.3. The zero-order valence-electron chi connectivity index (χ0n) is 15.1. The maximum absolute atomic E-state index is 11.9. The molecule has 1 N–H and O–H groups in total. The minimum absolute atomic E-state index is 0.0363. The Morgan fingerprint density at radius 1 is 1.12 bits per heavy atom. The van der Waals surface area contributed by atoms with Gasteiger partial charge in [0, 0.05) is 17.5 Å². The number of rotatable bonds is 7. The number of hydrogen-bond donors (Lipinski definition) is 1. The molecule has 2 atom stereocenters. The van der Waals surface area contributed by atoms with Crippen molar-refractivity contribution in [1.82, 2.24) is 4.90 Å². The number of halogens is 2. The molecular formula is C21H23Cl2NO2. The van der Waals surface area contributed by atoms with E-state index < -0.39 is 5.97 Å². The van der Waals surface area contributed by atoms with E-state index >= 15 is 0 Å². The standard InChI is InChI=1S/C21H23Cl2NO2/c1-14(24(2)3)18(16-9-10-19(22)20(23)13-16)12-17(21(25)26)11-15-7-5-4-6-8-15/h4-11,13-14,18H,12H2,1-3H3,(H,25,26). The number of carbonyl (C=O) groups is 1. The van der Waals surface area contributed by atoms with E-state index in [1.165, 1.54) is 0 Å². The zero-order chi connectivity index (χ0) is 19.3. The Morgan fingerprint density at radius 2 is 1.77 bits per heavy atom. The second-order valence-electron chi connectivity index (χ2n) is 6.57. The number of aliphatic carboxylic acids is 1. The summed E-state index contributed by atoms with van der Waals surface area (Å²) in [7, 11) is 3.97. The van der Waals surface area contributed by atoms with Gasteiger partial charge in [-0.1, -0.05) is 59.6 Å². The molecule has 0 heterocycles. The zero-order valence-corrected chi connectivity index (χ0v) is 16.6. The molecule has 0 fully saturated rings. The molecule has 0 spiro atoms. The molecule has 0 aliphatic heterocycles. The molecule has 0 bridgehead atoms. The summed E-state index contributed by atoms with van der Waals surface area (Å²) in [6.45, 7) is 2.08. The van der Waals surface area contributed by atoms with Crippen LogP contribution in [0.25, 0.3) is 6.08 Å². The average Bonchev–Trinajstić information content (AvgIpc) is 2.61. The van der Waals surface area contributed by atoms with Gasteiger partial charge in [-0.2, -0.15) is 0 Å². The first-order valence-electron chi connectivity index (χ1n) is 8.40. The van der Waals surface area contributed by atoms with Gasteiger partial charge in [-0.05, 0) is 56.8 Å². The minimum Gasteiger partial charge on any atom is -0.478 e. The van der Waals surface area contributed by atoms with Crippen molar-refractivity contribution in [2.75, 3.05) is 14.1 Å². The molecule has 2 unspecified atom stereocenters. The lowest BCUT2D eigenvalue weighted by molar-refractivity contribution is -0.132. The molecule has 5 heteroatoms. The lowest BCUT2D eigenvalue weighted by Gasteiger charge is -2.30. The van der Waals surface area contributed by atoms with Crippen LogP contribution >= 0.6 is 23.2 Å². The van der Waals surface area contributed by atoms with E-state index in [1.54, 1.807) is 12.1 Å². The number of likely N-dealkylation sites (N-methyl/N-ethyl adjacent to an activating group) is 1. The Kier molecular flexibility index (Phi) is 7.27. The third kappa shape index (κ3) is 5.34. The summed E-state index contributed by atoms with van der Waals surface area (Å²) in [4.78, 5) is 13.9. The van der Waals surface area contributed by atoms with Gasteiger partial charge in [0.25, 0.3) is 0 Å². The molecule has 2 aromatic rings. The van der Waals surface area contributed by atoms with Crippen LogP contribution in [-0.2, 0) is 4.79 Å². The highest BCUT2D eigenvalue weighted by atomic mass is 35.5. The normalized spacial score (nSPS) is 14.3. The second-order valence-corrected chi connectivity index (χ2v) is 7.39. The van der Waals surface area contributed by atoms with Gasteiger partial charge in [-0.3, -0.25) is 0 Å². The van der Waals surface area contributed by atoms with Crippen LogP contribution in [0.15, 0.2) is 54.1 Å². The third-order valence-corrected chi connectivity index (χ3v) is 5.36. The van der Waals surface area contributed by atoms with Gasteiger partial charge in [0.2, 0.25) is 0 Å². The number of carboxylic acids is 1. The monoisotopic (exact) mass is 391 g/mol. The van der Waals surface area contributed by atoms with E-state index in [0.717, 1.165) is 11.1 Å². The van der Waals surface area contributed by atoms with Crippen molar-refractivity contribution in [1.29, 1.82) is 0 Å².